The van der Waals surface area contributed by atoms with Crippen molar-refractivity contribution in [1.29, 1.82) is 0 Å². The van der Waals surface area contributed by atoms with Crippen molar-refractivity contribution in [3.05, 3.63) is 59.9 Å². The molecule has 0 radical (unpaired) electrons. The van der Waals surface area contributed by atoms with Gasteiger partial charge in [0.25, 0.3) is 5.89 Å². The molecule has 1 amide bonds. The molecule has 0 saturated carbocycles. The second-order valence-corrected chi connectivity index (χ2v) is 5.60. The minimum atomic E-state index is -0.0150. The van der Waals surface area contributed by atoms with Crippen molar-refractivity contribution < 1.29 is 9.21 Å². The van der Waals surface area contributed by atoms with Crippen LogP contribution >= 0.6 is 0 Å². The first-order valence-electron chi connectivity index (χ1n) is 7.73. The van der Waals surface area contributed by atoms with Crippen LogP contribution in [0.15, 0.2) is 47.3 Å². The van der Waals surface area contributed by atoms with E-state index >= 15 is 0 Å². The molecule has 3 heterocycles. The predicted octanol–water partition coefficient (Wildman–Crippen LogP) is 1.65. The Hall–Kier alpha value is -3.09. The Balaban J connectivity index is 1.45. The molecule has 0 unspecified atom stereocenters. The summed E-state index contributed by atoms with van der Waals surface area (Å²) in [5.41, 5.74) is 3.00. The van der Waals surface area contributed by atoms with Crippen molar-refractivity contribution >= 4 is 5.91 Å². The van der Waals surface area contributed by atoms with Gasteiger partial charge in [-0.3, -0.25) is 9.78 Å². The van der Waals surface area contributed by atoms with Gasteiger partial charge in [0.05, 0.1) is 6.20 Å². The zero-order chi connectivity index (χ0) is 16.4. The van der Waals surface area contributed by atoms with Crippen LogP contribution < -0.4 is 0 Å². The molecule has 0 fully saturated rings. The summed E-state index contributed by atoms with van der Waals surface area (Å²) < 4.78 is 5.53. The first kappa shape index (κ1) is 14.5. The molecule has 0 N–H and O–H groups in total. The van der Waals surface area contributed by atoms with E-state index in [9.17, 15) is 4.79 Å². The van der Waals surface area contributed by atoms with Gasteiger partial charge in [-0.2, -0.15) is 0 Å². The van der Waals surface area contributed by atoms with E-state index in [1.165, 1.54) is 11.1 Å². The summed E-state index contributed by atoms with van der Waals surface area (Å²) in [7, 11) is 0. The maximum absolute atomic E-state index is 12.5. The molecule has 0 aliphatic carbocycles. The first-order chi connectivity index (χ1) is 11.8. The lowest BCUT2D eigenvalue weighted by Gasteiger charge is -2.28. The van der Waals surface area contributed by atoms with Crippen LogP contribution in [0.2, 0.25) is 0 Å². The minimum absolute atomic E-state index is 0.0150. The van der Waals surface area contributed by atoms with E-state index in [4.69, 9.17) is 4.42 Å². The third-order valence-electron chi connectivity index (χ3n) is 4.03. The van der Waals surface area contributed by atoms with E-state index in [0.29, 0.717) is 24.7 Å². The van der Waals surface area contributed by atoms with Crippen LogP contribution in [0.25, 0.3) is 11.6 Å². The predicted molar refractivity (Wildman–Crippen MR) is 84.6 cm³/mol. The summed E-state index contributed by atoms with van der Waals surface area (Å²) >= 11 is 0. The molecular formula is C17H15N5O2. The fourth-order valence-corrected chi connectivity index (χ4v) is 2.79. The molecule has 1 aromatic carbocycles. The molecular weight excluding hydrogens is 306 g/mol. The molecule has 24 heavy (non-hydrogen) atoms. The normalized spacial score (nSPS) is 13.6. The summed E-state index contributed by atoms with van der Waals surface area (Å²) in [5.74, 6) is 0.549. The van der Waals surface area contributed by atoms with Gasteiger partial charge >= 0.3 is 0 Å². The van der Waals surface area contributed by atoms with Crippen LogP contribution in [0, 0.1) is 0 Å². The number of carbonyl (C=O) groups excluding carboxylic acids is 1. The van der Waals surface area contributed by atoms with Crippen LogP contribution in [-0.4, -0.2) is 37.5 Å². The standard InChI is InChI=1S/C17H15N5O2/c23-16(22-8-5-12-3-1-2-4-13(12)11-22)9-15-20-21-17(24-15)14-10-18-6-7-19-14/h1-4,6-7,10H,5,8-9,11H2. The van der Waals surface area contributed by atoms with Gasteiger partial charge in [0, 0.05) is 25.5 Å². The van der Waals surface area contributed by atoms with Crippen LogP contribution in [0.1, 0.15) is 17.0 Å². The van der Waals surface area contributed by atoms with Gasteiger partial charge in [-0.05, 0) is 17.5 Å². The van der Waals surface area contributed by atoms with E-state index in [1.807, 2.05) is 17.0 Å². The first-order valence-corrected chi connectivity index (χ1v) is 7.73. The molecule has 2 aromatic heterocycles. The number of fused-ring (bicyclic) bond motifs is 1. The molecule has 4 rings (SSSR count). The zero-order valence-electron chi connectivity index (χ0n) is 12.9. The highest BCUT2D eigenvalue weighted by atomic mass is 16.4. The van der Waals surface area contributed by atoms with Crippen LogP contribution in [0.5, 0.6) is 0 Å². The van der Waals surface area contributed by atoms with Crippen LogP contribution in [0.4, 0.5) is 0 Å². The average Bonchev–Trinajstić information content (AvgIpc) is 3.10. The lowest BCUT2D eigenvalue weighted by Crippen LogP contribution is -2.36. The van der Waals surface area contributed by atoms with Crippen molar-refractivity contribution in [2.75, 3.05) is 6.54 Å². The van der Waals surface area contributed by atoms with Gasteiger partial charge < -0.3 is 9.32 Å². The Labute approximate surface area is 138 Å². The molecule has 7 nitrogen and oxygen atoms in total. The summed E-state index contributed by atoms with van der Waals surface area (Å²) in [6, 6.07) is 8.21. The monoisotopic (exact) mass is 321 g/mol. The van der Waals surface area contributed by atoms with Gasteiger partial charge in [0.1, 0.15) is 12.1 Å². The van der Waals surface area contributed by atoms with Gasteiger partial charge in [-0.15, -0.1) is 10.2 Å². The highest BCUT2D eigenvalue weighted by Gasteiger charge is 2.22. The van der Waals surface area contributed by atoms with E-state index in [1.54, 1.807) is 18.6 Å². The van der Waals surface area contributed by atoms with Crippen molar-refractivity contribution in [1.82, 2.24) is 25.1 Å². The number of hydrogen-bond donors (Lipinski definition) is 0. The number of carbonyl (C=O) groups is 1. The quantitative estimate of drug-likeness (QED) is 0.729. The summed E-state index contributed by atoms with van der Waals surface area (Å²) in [5, 5.41) is 7.87. The smallest absolute Gasteiger partial charge is 0.267 e. The highest BCUT2D eigenvalue weighted by Crippen LogP contribution is 2.20. The Kier molecular flexibility index (Phi) is 3.74. The fraction of sp³-hybridized carbons (Fsp3) is 0.235. The zero-order valence-corrected chi connectivity index (χ0v) is 12.9. The third-order valence-corrected chi connectivity index (χ3v) is 4.03. The maximum Gasteiger partial charge on any atom is 0.267 e. The van der Waals surface area contributed by atoms with E-state index in [-0.39, 0.29) is 18.2 Å². The summed E-state index contributed by atoms with van der Waals surface area (Å²) in [4.78, 5) is 22.4. The van der Waals surface area contributed by atoms with Gasteiger partial charge in [0.15, 0.2) is 0 Å². The van der Waals surface area contributed by atoms with E-state index < -0.39 is 0 Å². The highest BCUT2D eigenvalue weighted by molar-refractivity contribution is 5.78. The molecule has 120 valence electrons. The maximum atomic E-state index is 12.5. The number of hydrogen-bond acceptors (Lipinski definition) is 6. The largest absolute Gasteiger partial charge is 0.419 e. The topological polar surface area (TPSA) is 85.0 Å². The van der Waals surface area contributed by atoms with Crippen molar-refractivity contribution in [2.45, 2.75) is 19.4 Å². The second-order valence-electron chi connectivity index (χ2n) is 5.60. The number of aromatic nitrogens is 4. The van der Waals surface area contributed by atoms with Gasteiger partial charge in [-0.25, -0.2) is 4.98 Å². The van der Waals surface area contributed by atoms with Crippen molar-refractivity contribution in [3.63, 3.8) is 0 Å². The fourth-order valence-electron chi connectivity index (χ4n) is 2.79. The molecule has 0 atom stereocenters. The molecule has 0 bridgehead atoms. The Morgan fingerprint density at radius 1 is 1.17 bits per heavy atom. The minimum Gasteiger partial charge on any atom is -0.419 e. The van der Waals surface area contributed by atoms with Crippen molar-refractivity contribution in [3.8, 4) is 11.6 Å². The SMILES string of the molecule is O=C(Cc1nnc(-c2cnccn2)o1)N1CCc2ccccc2C1. The van der Waals surface area contributed by atoms with Crippen molar-refractivity contribution in [2.24, 2.45) is 0 Å². The molecule has 3 aromatic rings. The second kappa shape index (κ2) is 6.19. The Morgan fingerprint density at radius 2 is 2.04 bits per heavy atom. The lowest BCUT2D eigenvalue weighted by molar-refractivity contribution is -0.131. The van der Waals surface area contributed by atoms with Crippen LogP contribution in [0.3, 0.4) is 0 Å². The number of rotatable bonds is 3. The Morgan fingerprint density at radius 3 is 2.88 bits per heavy atom. The molecule has 1 aliphatic heterocycles. The third kappa shape index (κ3) is 2.88. The molecule has 7 heteroatoms. The van der Waals surface area contributed by atoms with Gasteiger partial charge in [0.2, 0.25) is 11.8 Å². The molecule has 1 aliphatic rings. The Bertz CT molecular complexity index is 862. The number of benzene rings is 1. The van der Waals surface area contributed by atoms with E-state index in [2.05, 4.69) is 32.3 Å². The molecule has 0 saturated heterocycles. The number of amides is 1. The lowest BCUT2D eigenvalue weighted by atomic mass is 10.00. The molecule has 0 spiro atoms. The number of nitrogens with zero attached hydrogens (tertiary/aromatic N) is 5. The van der Waals surface area contributed by atoms with Crippen LogP contribution in [-0.2, 0) is 24.2 Å². The van der Waals surface area contributed by atoms with E-state index in [0.717, 1.165) is 6.42 Å². The average molecular weight is 321 g/mol. The summed E-state index contributed by atoms with van der Waals surface area (Å²) in [6.45, 7) is 1.33. The van der Waals surface area contributed by atoms with Gasteiger partial charge in [-0.1, -0.05) is 24.3 Å². The summed E-state index contributed by atoms with van der Waals surface area (Å²) in [6.07, 6.45) is 5.63.